The first-order chi connectivity index (χ1) is 11.8. The molecule has 1 N–H and O–H groups in total. The minimum Gasteiger partial charge on any atom is -0.506 e. The van der Waals surface area contributed by atoms with E-state index in [0.717, 1.165) is 21.9 Å². The molecule has 4 rings (SSSR count). The molecule has 0 fully saturated rings. The van der Waals surface area contributed by atoms with Gasteiger partial charge in [0.05, 0.1) is 5.56 Å². The van der Waals surface area contributed by atoms with E-state index in [0.29, 0.717) is 12.0 Å². The van der Waals surface area contributed by atoms with Crippen LogP contribution in [0.5, 0.6) is 5.75 Å². The summed E-state index contributed by atoms with van der Waals surface area (Å²) in [6, 6.07) is 26.2. The lowest BCUT2D eigenvalue weighted by Crippen LogP contribution is -1.95. The molecule has 0 saturated heterocycles. The molecule has 24 heavy (non-hydrogen) atoms. The van der Waals surface area contributed by atoms with Gasteiger partial charge in [-0.2, -0.15) is 5.26 Å². The Morgan fingerprint density at radius 3 is 2.21 bits per heavy atom. The van der Waals surface area contributed by atoms with Crippen LogP contribution >= 0.6 is 0 Å². The van der Waals surface area contributed by atoms with Gasteiger partial charge in [0.1, 0.15) is 11.8 Å². The summed E-state index contributed by atoms with van der Waals surface area (Å²) in [7, 11) is 0. The zero-order chi connectivity index (χ0) is 16.5. The van der Waals surface area contributed by atoms with E-state index >= 15 is 0 Å². The Hall–Kier alpha value is -3.31. The van der Waals surface area contributed by atoms with Crippen molar-refractivity contribution in [3.8, 4) is 11.8 Å². The molecule has 0 amide bonds. The van der Waals surface area contributed by atoms with Crippen LogP contribution in [0.25, 0.3) is 21.5 Å². The second-order valence-electron chi connectivity index (χ2n) is 5.91. The number of phenols is 1. The van der Waals surface area contributed by atoms with Gasteiger partial charge in [0.25, 0.3) is 0 Å². The van der Waals surface area contributed by atoms with Crippen LogP contribution in [-0.2, 0) is 6.42 Å². The SMILES string of the molecule is N#Cc1c(Cc2cccc3ccccc23)cc2ccccc2c1O. The van der Waals surface area contributed by atoms with E-state index in [4.69, 9.17) is 0 Å². The minimum absolute atomic E-state index is 0.0748. The van der Waals surface area contributed by atoms with Gasteiger partial charge in [-0.25, -0.2) is 0 Å². The fourth-order valence-corrected chi connectivity index (χ4v) is 3.30. The normalized spacial score (nSPS) is 10.8. The van der Waals surface area contributed by atoms with E-state index in [2.05, 4.69) is 30.3 Å². The van der Waals surface area contributed by atoms with E-state index < -0.39 is 0 Å². The van der Waals surface area contributed by atoms with E-state index in [-0.39, 0.29) is 5.75 Å². The summed E-state index contributed by atoms with van der Waals surface area (Å²) < 4.78 is 0. The number of hydrogen-bond donors (Lipinski definition) is 1. The van der Waals surface area contributed by atoms with Crippen LogP contribution in [0.4, 0.5) is 0 Å². The molecule has 114 valence electrons. The zero-order valence-electron chi connectivity index (χ0n) is 13.0. The van der Waals surface area contributed by atoms with Gasteiger partial charge < -0.3 is 5.11 Å². The molecule has 0 aliphatic carbocycles. The van der Waals surface area contributed by atoms with Crippen LogP contribution in [-0.4, -0.2) is 5.11 Å². The van der Waals surface area contributed by atoms with Crippen LogP contribution in [0.2, 0.25) is 0 Å². The molecule has 0 aliphatic rings. The summed E-state index contributed by atoms with van der Waals surface area (Å²) in [6.07, 6.45) is 0.614. The number of phenolic OH excluding ortho intramolecular Hbond substituents is 1. The highest BCUT2D eigenvalue weighted by molar-refractivity contribution is 5.92. The molecule has 0 spiro atoms. The highest BCUT2D eigenvalue weighted by atomic mass is 16.3. The van der Waals surface area contributed by atoms with Crippen molar-refractivity contribution in [2.24, 2.45) is 0 Å². The molecule has 0 bridgehead atoms. The molecule has 4 aromatic rings. The summed E-state index contributed by atoms with van der Waals surface area (Å²) >= 11 is 0. The maximum absolute atomic E-state index is 10.5. The molecule has 0 atom stereocenters. The number of fused-ring (bicyclic) bond motifs is 2. The van der Waals surface area contributed by atoms with Crippen LogP contribution in [0.15, 0.2) is 72.8 Å². The molecular formula is C22H15NO. The predicted molar refractivity (Wildman–Crippen MR) is 97.1 cm³/mol. The molecule has 0 radical (unpaired) electrons. The number of hydrogen-bond acceptors (Lipinski definition) is 2. The highest BCUT2D eigenvalue weighted by Crippen LogP contribution is 2.33. The van der Waals surface area contributed by atoms with Gasteiger partial charge in [0.15, 0.2) is 0 Å². The van der Waals surface area contributed by atoms with Gasteiger partial charge in [-0.1, -0.05) is 66.7 Å². The first-order valence-electron chi connectivity index (χ1n) is 7.88. The van der Waals surface area contributed by atoms with Gasteiger partial charge in [-0.05, 0) is 39.8 Å². The topological polar surface area (TPSA) is 44.0 Å². The molecule has 0 saturated carbocycles. The highest BCUT2D eigenvalue weighted by Gasteiger charge is 2.13. The fourth-order valence-electron chi connectivity index (χ4n) is 3.30. The maximum Gasteiger partial charge on any atom is 0.141 e. The molecular weight excluding hydrogens is 294 g/mol. The summed E-state index contributed by atoms with van der Waals surface area (Å²) in [5, 5.41) is 24.1. The Morgan fingerprint density at radius 2 is 1.42 bits per heavy atom. The average Bonchev–Trinajstić information content (AvgIpc) is 2.62. The Morgan fingerprint density at radius 1 is 0.750 bits per heavy atom. The van der Waals surface area contributed by atoms with Crippen LogP contribution < -0.4 is 0 Å². The van der Waals surface area contributed by atoms with Crippen LogP contribution in [0.3, 0.4) is 0 Å². The number of nitriles is 1. The summed E-state index contributed by atoms with van der Waals surface area (Å²) in [5.41, 5.74) is 2.37. The number of nitrogens with zero attached hydrogens (tertiary/aromatic N) is 1. The lowest BCUT2D eigenvalue weighted by Gasteiger charge is -2.11. The number of benzene rings is 4. The standard InChI is InChI=1S/C22H15NO/c23-14-21-18(13-17-7-2-4-11-20(17)22(21)24)12-16-9-5-8-15-6-1-3-10-19(15)16/h1-11,13,24H,12H2. The smallest absolute Gasteiger partial charge is 0.141 e. The van der Waals surface area contributed by atoms with E-state index in [1.807, 2.05) is 48.5 Å². The van der Waals surface area contributed by atoms with Gasteiger partial charge >= 0.3 is 0 Å². The average molecular weight is 309 g/mol. The third kappa shape index (κ3) is 2.28. The van der Waals surface area contributed by atoms with Crippen LogP contribution in [0, 0.1) is 11.3 Å². The van der Waals surface area contributed by atoms with Gasteiger partial charge in [-0.15, -0.1) is 0 Å². The predicted octanol–water partition coefficient (Wildman–Crippen LogP) is 5.16. The van der Waals surface area contributed by atoms with Crippen molar-refractivity contribution in [3.05, 3.63) is 89.5 Å². The van der Waals surface area contributed by atoms with Crippen molar-refractivity contribution in [2.45, 2.75) is 6.42 Å². The van der Waals surface area contributed by atoms with E-state index in [9.17, 15) is 10.4 Å². The molecule has 2 heteroatoms. The van der Waals surface area contributed by atoms with Crippen molar-refractivity contribution in [1.29, 1.82) is 5.26 Å². The Bertz CT molecular complexity index is 1100. The Labute approximate surface area is 140 Å². The zero-order valence-corrected chi connectivity index (χ0v) is 13.0. The van der Waals surface area contributed by atoms with Crippen molar-refractivity contribution in [2.75, 3.05) is 0 Å². The number of aromatic hydroxyl groups is 1. The summed E-state index contributed by atoms with van der Waals surface area (Å²) in [6.45, 7) is 0. The lowest BCUT2D eigenvalue weighted by atomic mass is 9.93. The first kappa shape index (κ1) is 14.3. The monoisotopic (exact) mass is 309 g/mol. The molecule has 2 nitrogen and oxygen atoms in total. The largest absolute Gasteiger partial charge is 0.506 e. The first-order valence-corrected chi connectivity index (χ1v) is 7.88. The minimum atomic E-state index is 0.0748. The van der Waals surface area contributed by atoms with E-state index in [1.54, 1.807) is 0 Å². The van der Waals surface area contributed by atoms with Crippen molar-refractivity contribution < 1.29 is 5.11 Å². The summed E-state index contributed by atoms with van der Waals surface area (Å²) in [5.74, 6) is 0.0748. The van der Waals surface area contributed by atoms with Crippen molar-refractivity contribution in [1.82, 2.24) is 0 Å². The summed E-state index contributed by atoms with van der Waals surface area (Å²) in [4.78, 5) is 0. The van der Waals surface area contributed by atoms with Gasteiger partial charge in [0, 0.05) is 5.39 Å². The second-order valence-corrected chi connectivity index (χ2v) is 5.91. The quantitative estimate of drug-likeness (QED) is 0.555. The molecule has 0 aromatic heterocycles. The number of rotatable bonds is 2. The molecule has 0 aliphatic heterocycles. The second kappa shape index (κ2) is 5.72. The molecule has 0 heterocycles. The lowest BCUT2D eigenvalue weighted by molar-refractivity contribution is 0.479. The maximum atomic E-state index is 10.5. The third-order valence-electron chi connectivity index (χ3n) is 4.48. The Kier molecular flexibility index (Phi) is 3.40. The fraction of sp³-hybridized carbons (Fsp3) is 0.0455. The van der Waals surface area contributed by atoms with Crippen molar-refractivity contribution >= 4 is 21.5 Å². The van der Waals surface area contributed by atoms with Crippen LogP contribution in [0.1, 0.15) is 16.7 Å². The van der Waals surface area contributed by atoms with Gasteiger partial charge in [-0.3, -0.25) is 0 Å². The molecule has 4 aromatic carbocycles. The van der Waals surface area contributed by atoms with E-state index in [1.165, 1.54) is 10.8 Å². The Balaban J connectivity index is 1.92. The van der Waals surface area contributed by atoms with Crippen molar-refractivity contribution in [3.63, 3.8) is 0 Å². The third-order valence-corrected chi connectivity index (χ3v) is 4.48. The van der Waals surface area contributed by atoms with Gasteiger partial charge in [0.2, 0.25) is 0 Å². The molecule has 0 unspecified atom stereocenters.